The molecule has 0 bridgehead atoms. The summed E-state index contributed by atoms with van der Waals surface area (Å²) in [4.78, 5) is 45.0. The highest BCUT2D eigenvalue weighted by Crippen LogP contribution is 2.22. The SMILES string of the molecule is CC(C)N1CCN(CCn2ncc3c(NC(=O)C(C)(C)C)ncnc32)CC1.O=C(O)/C=C\C(=O)O. The van der Waals surface area contributed by atoms with Crippen molar-refractivity contribution < 1.29 is 24.6 Å². The van der Waals surface area contributed by atoms with Gasteiger partial charge >= 0.3 is 11.9 Å². The highest BCUT2D eigenvalue weighted by atomic mass is 16.4. The second-order valence-electron chi connectivity index (χ2n) is 9.51. The lowest BCUT2D eigenvalue weighted by Crippen LogP contribution is -2.49. The zero-order valence-electron chi connectivity index (χ0n) is 20.9. The second kappa shape index (κ2) is 12.4. The van der Waals surface area contributed by atoms with Gasteiger partial charge in [-0.05, 0) is 13.8 Å². The van der Waals surface area contributed by atoms with Crippen LogP contribution in [-0.2, 0) is 20.9 Å². The van der Waals surface area contributed by atoms with Crippen LogP contribution in [0.3, 0.4) is 0 Å². The Morgan fingerprint density at radius 1 is 1.03 bits per heavy atom. The van der Waals surface area contributed by atoms with Crippen LogP contribution >= 0.6 is 0 Å². The van der Waals surface area contributed by atoms with Gasteiger partial charge in [0, 0.05) is 56.3 Å². The lowest BCUT2D eigenvalue weighted by atomic mass is 9.96. The van der Waals surface area contributed by atoms with Crippen LogP contribution in [-0.4, -0.2) is 96.4 Å². The summed E-state index contributed by atoms with van der Waals surface area (Å²) in [5, 5.41) is 23.8. The molecule has 0 saturated carbocycles. The minimum atomic E-state index is -1.26. The molecule has 0 unspecified atom stereocenters. The van der Waals surface area contributed by atoms with Crippen LogP contribution in [0.5, 0.6) is 0 Å². The van der Waals surface area contributed by atoms with Crippen molar-refractivity contribution in [3.05, 3.63) is 24.7 Å². The fourth-order valence-electron chi connectivity index (χ4n) is 3.33. The molecule has 35 heavy (non-hydrogen) atoms. The summed E-state index contributed by atoms with van der Waals surface area (Å²) in [6.07, 6.45) is 4.34. The highest BCUT2D eigenvalue weighted by molar-refractivity contribution is 6.00. The number of carboxylic acids is 2. The number of fused-ring (bicyclic) bond motifs is 1. The van der Waals surface area contributed by atoms with E-state index in [2.05, 4.69) is 44.0 Å². The zero-order chi connectivity index (χ0) is 26.2. The molecule has 2 aromatic rings. The van der Waals surface area contributed by atoms with Gasteiger partial charge in [0.05, 0.1) is 18.1 Å². The van der Waals surface area contributed by atoms with Gasteiger partial charge in [0.15, 0.2) is 5.65 Å². The zero-order valence-corrected chi connectivity index (χ0v) is 20.9. The highest BCUT2D eigenvalue weighted by Gasteiger charge is 2.23. The third kappa shape index (κ3) is 8.72. The Bertz CT molecular complexity index is 1030. The summed E-state index contributed by atoms with van der Waals surface area (Å²) >= 11 is 0. The predicted octanol–water partition coefficient (Wildman–Crippen LogP) is 1.55. The Balaban J connectivity index is 0.000000466. The third-order valence-corrected chi connectivity index (χ3v) is 5.48. The number of carbonyl (C=O) groups is 3. The summed E-state index contributed by atoms with van der Waals surface area (Å²) in [5.74, 6) is -2.06. The fraction of sp³-hybridized carbons (Fsp3) is 0.565. The van der Waals surface area contributed by atoms with Crippen molar-refractivity contribution in [2.75, 3.05) is 38.0 Å². The molecular weight excluding hydrogens is 454 g/mol. The van der Waals surface area contributed by atoms with E-state index in [0.29, 0.717) is 24.0 Å². The van der Waals surface area contributed by atoms with Crippen molar-refractivity contribution in [3.63, 3.8) is 0 Å². The van der Waals surface area contributed by atoms with Crippen LogP contribution in [0.1, 0.15) is 34.6 Å². The molecule has 0 aliphatic carbocycles. The number of piperazine rings is 1. The quantitative estimate of drug-likeness (QED) is 0.488. The van der Waals surface area contributed by atoms with Crippen molar-refractivity contribution in [1.82, 2.24) is 29.5 Å². The number of hydrogen-bond acceptors (Lipinski definition) is 8. The largest absolute Gasteiger partial charge is 0.478 e. The van der Waals surface area contributed by atoms with E-state index < -0.39 is 17.4 Å². The second-order valence-corrected chi connectivity index (χ2v) is 9.51. The number of anilines is 1. The molecule has 0 atom stereocenters. The van der Waals surface area contributed by atoms with E-state index in [1.54, 1.807) is 6.20 Å². The molecule has 1 aliphatic rings. The van der Waals surface area contributed by atoms with E-state index in [1.807, 2.05) is 25.5 Å². The molecule has 3 N–H and O–H groups in total. The molecule has 0 spiro atoms. The van der Waals surface area contributed by atoms with Crippen molar-refractivity contribution in [1.29, 1.82) is 0 Å². The number of nitrogens with zero attached hydrogens (tertiary/aromatic N) is 6. The van der Waals surface area contributed by atoms with Gasteiger partial charge in [-0.25, -0.2) is 24.2 Å². The monoisotopic (exact) mass is 489 g/mol. The van der Waals surface area contributed by atoms with E-state index in [4.69, 9.17) is 10.2 Å². The van der Waals surface area contributed by atoms with Crippen molar-refractivity contribution in [3.8, 4) is 0 Å². The van der Waals surface area contributed by atoms with Crippen LogP contribution < -0.4 is 5.32 Å². The van der Waals surface area contributed by atoms with Crippen molar-refractivity contribution in [2.24, 2.45) is 5.41 Å². The molecule has 0 radical (unpaired) electrons. The minimum Gasteiger partial charge on any atom is -0.478 e. The lowest BCUT2D eigenvalue weighted by molar-refractivity contribution is -0.134. The van der Waals surface area contributed by atoms with Gasteiger partial charge in [0.25, 0.3) is 0 Å². The van der Waals surface area contributed by atoms with E-state index in [9.17, 15) is 14.4 Å². The van der Waals surface area contributed by atoms with Crippen LogP contribution in [0.25, 0.3) is 11.0 Å². The Hall–Kier alpha value is -3.38. The Labute approximate surface area is 204 Å². The average Bonchev–Trinajstić information content (AvgIpc) is 3.20. The molecule has 3 heterocycles. The summed E-state index contributed by atoms with van der Waals surface area (Å²) in [6.45, 7) is 16.2. The number of carbonyl (C=O) groups excluding carboxylic acids is 1. The van der Waals surface area contributed by atoms with Gasteiger partial charge in [0.2, 0.25) is 5.91 Å². The van der Waals surface area contributed by atoms with Crippen molar-refractivity contribution in [2.45, 2.75) is 47.2 Å². The molecular formula is C23H35N7O5. The first-order valence-corrected chi connectivity index (χ1v) is 11.5. The number of aliphatic carboxylic acids is 2. The Kier molecular flexibility index (Phi) is 9.84. The minimum absolute atomic E-state index is 0.0710. The predicted molar refractivity (Wildman–Crippen MR) is 131 cm³/mol. The van der Waals surface area contributed by atoms with Gasteiger partial charge in [-0.15, -0.1) is 0 Å². The molecule has 1 amide bonds. The van der Waals surface area contributed by atoms with Gasteiger partial charge in [0.1, 0.15) is 12.1 Å². The van der Waals surface area contributed by atoms with Gasteiger partial charge in [-0.2, -0.15) is 5.10 Å². The molecule has 1 fully saturated rings. The smallest absolute Gasteiger partial charge is 0.328 e. The molecule has 192 valence electrons. The molecule has 1 saturated heterocycles. The standard InChI is InChI=1S/C19H31N7O.C4H4O4/c1-14(2)25-9-6-24(7-10-25)8-11-26-17-15(12-22-26)16(20-13-21-17)23-18(27)19(3,4)5;5-3(6)1-2-4(7)8/h12-14H,6-11H2,1-5H3,(H,20,21,23,27);1-2H,(H,5,6)(H,7,8)/b;2-1-. The number of amides is 1. The first-order valence-electron chi connectivity index (χ1n) is 11.5. The first-order chi connectivity index (χ1) is 16.4. The third-order valence-electron chi connectivity index (χ3n) is 5.48. The van der Waals surface area contributed by atoms with E-state index >= 15 is 0 Å². The Morgan fingerprint density at radius 3 is 2.14 bits per heavy atom. The average molecular weight is 490 g/mol. The van der Waals surface area contributed by atoms with Gasteiger partial charge < -0.3 is 15.5 Å². The summed E-state index contributed by atoms with van der Waals surface area (Å²) < 4.78 is 1.90. The molecule has 12 heteroatoms. The maximum atomic E-state index is 12.3. The fourth-order valence-corrected chi connectivity index (χ4v) is 3.33. The topological polar surface area (TPSA) is 154 Å². The van der Waals surface area contributed by atoms with E-state index in [-0.39, 0.29) is 5.91 Å². The van der Waals surface area contributed by atoms with Crippen LogP contribution in [0.2, 0.25) is 0 Å². The molecule has 2 aromatic heterocycles. The van der Waals surface area contributed by atoms with E-state index in [0.717, 1.165) is 50.3 Å². The maximum absolute atomic E-state index is 12.3. The van der Waals surface area contributed by atoms with E-state index in [1.165, 1.54) is 6.33 Å². The van der Waals surface area contributed by atoms with Gasteiger partial charge in [-0.3, -0.25) is 14.6 Å². The first kappa shape index (κ1) is 27.9. The van der Waals surface area contributed by atoms with Crippen molar-refractivity contribution >= 4 is 34.7 Å². The normalized spacial score (nSPS) is 15.3. The molecule has 0 aromatic carbocycles. The van der Waals surface area contributed by atoms with Gasteiger partial charge in [-0.1, -0.05) is 20.8 Å². The molecule has 1 aliphatic heterocycles. The maximum Gasteiger partial charge on any atom is 0.328 e. The summed E-state index contributed by atoms with van der Waals surface area (Å²) in [6, 6.07) is 0.612. The lowest BCUT2D eigenvalue weighted by Gasteiger charge is -2.36. The molecule has 3 rings (SSSR count). The number of rotatable bonds is 7. The summed E-state index contributed by atoms with van der Waals surface area (Å²) in [7, 11) is 0. The number of aromatic nitrogens is 4. The van der Waals surface area contributed by atoms with Crippen LogP contribution in [0, 0.1) is 5.41 Å². The number of nitrogens with one attached hydrogen (secondary N) is 1. The van der Waals surface area contributed by atoms with Crippen LogP contribution in [0.15, 0.2) is 24.7 Å². The summed E-state index contributed by atoms with van der Waals surface area (Å²) in [5.41, 5.74) is 0.279. The van der Waals surface area contributed by atoms with Crippen LogP contribution in [0.4, 0.5) is 5.82 Å². The Morgan fingerprint density at radius 2 is 1.63 bits per heavy atom. The molecule has 12 nitrogen and oxygen atoms in total. The number of hydrogen-bond donors (Lipinski definition) is 3. The number of carboxylic acid groups (broad SMARTS) is 2.